The highest BCUT2D eigenvalue weighted by molar-refractivity contribution is 6.08. The summed E-state index contributed by atoms with van der Waals surface area (Å²) in [7, 11) is 0. The minimum absolute atomic E-state index is 0.101. The van der Waals surface area contributed by atoms with Gasteiger partial charge in [0.1, 0.15) is 17.8 Å². The summed E-state index contributed by atoms with van der Waals surface area (Å²) < 4.78 is 1.81. The molecule has 0 unspecified atom stereocenters. The van der Waals surface area contributed by atoms with E-state index in [2.05, 4.69) is 15.2 Å². The van der Waals surface area contributed by atoms with Gasteiger partial charge in [0.25, 0.3) is 5.91 Å². The molecule has 0 saturated heterocycles. The average molecular weight is 478 g/mol. The van der Waals surface area contributed by atoms with Crippen LogP contribution >= 0.6 is 0 Å². The zero-order valence-electron chi connectivity index (χ0n) is 19.5. The van der Waals surface area contributed by atoms with Crippen LogP contribution in [0.25, 0.3) is 17.1 Å². The summed E-state index contributed by atoms with van der Waals surface area (Å²) in [4.78, 5) is 19.3. The molecule has 8 nitrogen and oxygen atoms in total. The maximum atomic E-state index is 13.5. The van der Waals surface area contributed by atoms with Crippen molar-refractivity contribution in [1.82, 2.24) is 19.7 Å². The quantitative estimate of drug-likeness (QED) is 0.361. The number of nitrogens with zero attached hydrogens (tertiary/aromatic N) is 5. The molecular weight excluding hydrogens is 454 g/mol. The number of imidazole rings is 1. The van der Waals surface area contributed by atoms with Gasteiger partial charge in [-0.2, -0.15) is 0 Å². The van der Waals surface area contributed by atoms with Gasteiger partial charge in [0.2, 0.25) is 0 Å². The SMILES string of the molecule is Cc1cn(-c2ccc(-c3ccc(N(Cc4ccccc4)C(=O)c4ccc(O)cc4O)cc3)nn2)cn1. The molecule has 178 valence electrons. The van der Waals surface area contributed by atoms with Gasteiger partial charge in [0, 0.05) is 23.5 Å². The van der Waals surface area contributed by atoms with Gasteiger partial charge in [-0.05, 0) is 48.9 Å². The van der Waals surface area contributed by atoms with Crippen molar-refractivity contribution in [3.8, 4) is 28.6 Å². The van der Waals surface area contributed by atoms with E-state index in [0.29, 0.717) is 23.7 Å². The number of hydrogen-bond acceptors (Lipinski definition) is 6. The standard InChI is InChI=1S/C28H23N5O3/c1-19-16-32(18-29-19)27-14-13-25(30-31-27)21-7-9-22(10-8-21)33(17-20-5-3-2-4-6-20)28(36)24-12-11-23(34)15-26(24)35/h2-16,18,34-35H,17H2,1H3. The van der Waals surface area contributed by atoms with Crippen LogP contribution in [0.5, 0.6) is 11.5 Å². The first kappa shape index (κ1) is 22.8. The Morgan fingerprint density at radius 3 is 2.33 bits per heavy atom. The van der Waals surface area contributed by atoms with Crippen LogP contribution < -0.4 is 4.90 Å². The Kier molecular flexibility index (Phi) is 6.15. The molecule has 8 heteroatoms. The fourth-order valence-electron chi connectivity index (χ4n) is 3.87. The Balaban J connectivity index is 1.44. The van der Waals surface area contributed by atoms with Crippen molar-refractivity contribution in [1.29, 1.82) is 0 Å². The molecule has 2 heterocycles. The van der Waals surface area contributed by atoms with E-state index in [1.54, 1.807) is 15.8 Å². The predicted molar refractivity (Wildman–Crippen MR) is 136 cm³/mol. The van der Waals surface area contributed by atoms with Crippen molar-refractivity contribution in [2.75, 3.05) is 4.90 Å². The lowest BCUT2D eigenvalue weighted by Gasteiger charge is -2.24. The minimum atomic E-state index is -0.385. The van der Waals surface area contributed by atoms with Gasteiger partial charge in [-0.15, -0.1) is 10.2 Å². The summed E-state index contributed by atoms with van der Waals surface area (Å²) in [6, 6.07) is 24.7. The van der Waals surface area contributed by atoms with Crippen LogP contribution in [-0.2, 0) is 6.54 Å². The Morgan fingerprint density at radius 2 is 1.69 bits per heavy atom. The second kappa shape index (κ2) is 9.71. The van der Waals surface area contributed by atoms with E-state index in [4.69, 9.17) is 0 Å². The van der Waals surface area contributed by atoms with E-state index in [0.717, 1.165) is 22.9 Å². The Labute approximate surface area is 207 Å². The number of benzene rings is 3. The molecule has 5 rings (SSSR count). The molecule has 0 atom stereocenters. The highest BCUT2D eigenvalue weighted by atomic mass is 16.3. The molecule has 0 saturated carbocycles. The third-order valence-electron chi connectivity index (χ3n) is 5.74. The number of carbonyl (C=O) groups excluding carboxylic acids is 1. The van der Waals surface area contributed by atoms with E-state index in [1.165, 1.54) is 12.1 Å². The zero-order chi connectivity index (χ0) is 25.1. The number of aromatic hydroxyl groups is 2. The number of phenols is 2. The van der Waals surface area contributed by atoms with Crippen LogP contribution in [-0.4, -0.2) is 35.9 Å². The molecular formula is C28H23N5O3. The average Bonchev–Trinajstić information content (AvgIpc) is 3.34. The second-order valence-corrected chi connectivity index (χ2v) is 8.32. The van der Waals surface area contributed by atoms with Crippen LogP contribution in [0.4, 0.5) is 5.69 Å². The van der Waals surface area contributed by atoms with Crippen LogP contribution in [0, 0.1) is 6.92 Å². The summed E-state index contributed by atoms with van der Waals surface area (Å²) >= 11 is 0. The molecule has 0 radical (unpaired) electrons. The van der Waals surface area contributed by atoms with E-state index >= 15 is 0 Å². The molecule has 2 aromatic heterocycles. The molecule has 3 aromatic carbocycles. The lowest BCUT2D eigenvalue weighted by Crippen LogP contribution is -2.30. The number of rotatable bonds is 6. The van der Waals surface area contributed by atoms with Crippen molar-refractivity contribution >= 4 is 11.6 Å². The first-order valence-corrected chi connectivity index (χ1v) is 11.3. The third kappa shape index (κ3) is 4.78. The van der Waals surface area contributed by atoms with Gasteiger partial charge in [0.15, 0.2) is 5.82 Å². The summed E-state index contributed by atoms with van der Waals surface area (Å²) in [6.45, 7) is 2.22. The highest BCUT2D eigenvalue weighted by Gasteiger charge is 2.21. The van der Waals surface area contributed by atoms with E-state index in [-0.39, 0.29) is 23.0 Å². The smallest absolute Gasteiger partial charge is 0.262 e. The predicted octanol–water partition coefficient (Wildman–Crippen LogP) is 4.90. The van der Waals surface area contributed by atoms with E-state index in [1.807, 2.05) is 79.9 Å². The molecule has 1 amide bonds. The molecule has 0 bridgehead atoms. The zero-order valence-corrected chi connectivity index (χ0v) is 19.5. The Bertz CT molecular complexity index is 1500. The summed E-state index contributed by atoms with van der Waals surface area (Å²) in [5.41, 5.74) is 4.12. The van der Waals surface area contributed by atoms with Gasteiger partial charge in [-0.3, -0.25) is 9.36 Å². The first-order chi connectivity index (χ1) is 17.5. The molecule has 0 fully saturated rings. The number of anilines is 1. The number of phenolic OH excluding ortho intramolecular Hbond substituents is 2. The van der Waals surface area contributed by atoms with Crippen LogP contribution in [0.3, 0.4) is 0 Å². The van der Waals surface area contributed by atoms with Crippen LogP contribution in [0.2, 0.25) is 0 Å². The second-order valence-electron chi connectivity index (χ2n) is 8.32. The van der Waals surface area contributed by atoms with E-state index in [9.17, 15) is 15.0 Å². The van der Waals surface area contributed by atoms with Crippen molar-refractivity contribution in [2.45, 2.75) is 13.5 Å². The van der Waals surface area contributed by atoms with Crippen molar-refractivity contribution < 1.29 is 15.0 Å². The fraction of sp³-hybridized carbons (Fsp3) is 0.0714. The van der Waals surface area contributed by atoms with E-state index < -0.39 is 0 Å². The summed E-state index contributed by atoms with van der Waals surface area (Å²) in [5, 5.41) is 28.6. The van der Waals surface area contributed by atoms with Crippen molar-refractivity contribution in [2.24, 2.45) is 0 Å². The topological polar surface area (TPSA) is 104 Å². The normalized spacial score (nSPS) is 10.8. The van der Waals surface area contributed by atoms with Crippen molar-refractivity contribution in [3.63, 3.8) is 0 Å². The summed E-state index contributed by atoms with van der Waals surface area (Å²) in [6.07, 6.45) is 3.57. The highest BCUT2D eigenvalue weighted by Crippen LogP contribution is 2.29. The van der Waals surface area contributed by atoms with Gasteiger partial charge in [0.05, 0.1) is 23.5 Å². The number of aromatic nitrogens is 4. The lowest BCUT2D eigenvalue weighted by molar-refractivity contribution is 0.0982. The lowest BCUT2D eigenvalue weighted by atomic mass is 10.1. The van der Waals surface area contributed by atoms with Crippen LogP contribution in [0.1, 0.15) is 21.6 Å². The molecule has 0 aliphatic rings. The monoisotopic (exact) mass is 477 g/mol. The molecule has 0 spiro atoms. The van der Waals surface area contributed by atoms with Gasteiger partial charge < -0.3 is 15.1 Å². The molecule has 0 aliphatic carbocycles. The minimum Gasteiger partial charge on any atom is -0.508 e. The van der Waals surface area contributed by atoms with Crippen molar-refractivity contribution in [3.05, 3.63) is 114 Å². The maximum Gasteiger partial charge on any atom is 0.262 e. The molecule has 0 aliphatic heterocycles. The number of carbonyl (C=O) groups is 1. The molecule has 5 aromatic rings. The molecule has 36 heavy (non-hydrogen) atoms. The molecule has 2 N–H and O–H groups in total. The van der Waals surface area contributed by atoms with Gasteiger partial charge in [-0.25, -0.2) is 4.98 Å². The first-order valence-electron chi connectivity index (χ1n) is 11.3. The number of amides is 1. The Hall–Kier alpha value is -4.98. The van der Waals surface area contributed by atoms with Gasteiger partial charge in [-0.1, -0.05) is 42.5 Å². The number of aryl methyl sites for hydroxylation is 1. The maximum absolute atomic E-state index is 13.5. The third-order valence-corrected chi connectivity index (χ3v) is 5.74. The largest absolute Gasteiger partial charge is 0.508 e. The fourth-order valence-corrected chi connectivity index (χ4v) is 3.87. The van der Waals surface area contributed by atoms with Crippen LogP contribution in [0.15, 0.2) is 97.5 Å². The number of hydrogen-bond donors (Lipinski definition) is 2. The Morgan fingerprint density at radius 1 is 0.917 bits per heavy atom. The summed E-state index contributed by atoms with van der Waals surface area (Å²) in [5.74, 6) is -0.107. The van der Waals surface area contributed by atoms with Gasteiger partial charge >= 0.3 is 0 Å².